The lowest BCUT2D eigenvalue weighted by atomic mass is 9.75. The van der Waals surface area contributed by atoms with Gasteiger partial charge in [0, 0.05) is 5.92 Å². The Labute approximate surface area is 165 Å². The average Bonchev–Trinajstić information content (AvgIpc) is 3.26. The highest BCUT2D eigenvalue weighted by molar-refractivity contribution is 14.1. The predicted molar refractivity (Wildman–Crippen MR) is 108 cm³/mol. The standard InChI is InChI=1S/C21H29IO3/c1-4-19(22)20(23)24-16-8-10-17(11-9-16)25-21(3,5-2)18-13-14-6-7-15(18)12-14/h8-11,14-15,18-19H,4-7,12-13H2,1-3H3. The first-order valence-corrected chi connectivity index (χ1v) is 10.8. The van der Waals surface area contributed by atoms with Crippen LogP contribution in [0, 0.1) is 17.8 Å². The van der Waals surface area contributed by atoms with E-state index in [1.54, 1.807) is 0 Å². The molecule has 0 N–H and O–H groups in total. The maximum absolute atomic E-state index is 11.9. The number of hydrogen-bond acceptors (Lipinski definition) is 3. The molecule has 0 spiro atoms. The van der Waals surface area contributed by atoms with Gasteiger partial charge in [-0.3, -0.25) is 4.79 Å². The number of ether oxygens (including phenoxy) is 2. The van der Waals surface area contributed by atoms with Crippen molar-refractivity contribution >= 4 is 28.6 Å². The van der Waals surface area contributed by atoms with Gasteiger partial charge in [-0.1, -0.05) is 42.9 Å². The number of halogens is 1. The van der Waals surface area contributed by atoms with Gasteiger partial charge in [0.15, 0.2) is 0 Å². The summed E-state index contributed by atoms with van der Waals surface area (Å²) >= 11 is 2.12. The normalized spacial score (nSPS) is 28.4. The summed E-state index contributed by atoms with van der Waals surface area (Å²) in [4.78, 5) is 11.9. The third kappa shape index (κ3) is 4.15. The minimum Gasteiger partial charge on any atom is -0.487 e. The van der Waals surface area contributed by atoms with Gasteiger partial charge in [0.05, 0.1) is 0 Å². The first-order chi connectivity index (χ1) is 11.9. The van der Waals surface area contributed by atoms with Crippen LogP contribution in [-0.2, 0) is 4.79 Å². The van der Waals surface area contributed by atoms with Crippen LogP contribution in [0.15, 0.2) is 24.3 Å². The molecule has 0 amide bonds. The average molecular weight is 456 g/mol. The highest BCUT2D eigenvalue weighted by Crippen LogP contribution is 2.53. The highest BCUT2D eigenvalue weighted by Gasteiger charge is 2.49. The van der Waals surface area contributed by atoms with Gasteiger partial charge < -0.3 is 9.47 Å². The van der Waals surface area contributed by atoms with Crippen LogP contribution < -0.4 is 9.47 Å². The molecule has 3 nitrogen and oxygen atoms in total. The van der Waals surface area contributed by atoms with Crippen molar-refractivity contribution in [1.82, 2.24) is 0 Å². The molecule has 0 saturated heterocycles. The zero-order valence-electron chi connectivity index (χ0n) is 15.5. The number of fused-ring (bicyclic) bond motifs is 2. The second kappa shape index (κ2) is 7.85. The van der Waals surface area contributed by atoms with Crippen LogP contribution in [0.5, 0.6) is 11.5 Å². The number of benzene rings is 1. The lowest BCUT2D eigenvalue weighted by Gasteiger charge is -2.40. The Kier molecular flexibility index (Phi) is 5.96. The van der Waals surface area contributed by atoms with E-state index in [1.165, 1.54) is 25.7 Å². The van der Waals surface area contributed by atoms with Crippen molar-refractivity contribution in [2.45, 2.75) is 68.8 Å². The molecular formula is C21H29IO3. The smallest absolute Gasteiger partial charge is 0.324 e. The lowest BCUT2D eigenvalue weighted by Crippen LogP contribution is -2.42. The number of alkyl halides is 1. The summed E-state index contributed by atoms with van der Waals surface area (Å²) in [5.41, 5.74) is -0.104. The fourth-order valence-electron chi connectivity index (χ4n) is 4.59. The molecule has 4 heteroatoms. The number of carbonyl (C=O) groups is 1. The largest absolute Gasteiger partial charge is 0.487 e. The molecule has 0 radical (unpaired) electrons. The summed E-state index contributed by atoms with van der Waals surface area (Å²) < 4.78 is 11.8. The quantitative estimate of drug-likeness (QED) is 0.226. The third-order valence-corrected chi connectivity index (χ3v) is 7.62. The Hall–Kier alpha value is -0.780. The van der Waals surface area contributed by atoms with Crippen LogP contribution in [0.25, 0.3) is 0 Å². The Morgan fingerprint density at radius 3 is 2.40 bits per heavy atom. The van der Waals surface area contributed by atoms with Gasteiger partial charge in [-0.05, 0) is 75.1 Å². The molecule has 2 saturated carbocycles. The molecule has 1 aromatic rings. The van der Waals surface area contributed by atoms with Crippen LogP contribution in [0.4, 0.5) is 0 Å². The molecule has 0 heterocycles. The first-order valence-electron chi connectivity index (χ1n) is 9.60. The zero-order valence-corrected chi connectivity index (χ0v) is 17.6. The molecular weight excluding hydrogens is 427 g/mol. The summed E-state index contributed by atoms with van der Waals surface area (Å²) in [5, 5.41) is 0. The molecule has 138 valence electrons. The SMILES string of the molecule is CCC(I)C(=O)Oc1ccc(OC(C)(CC)C2CC3CCC2C3)cc1. The summed E-state index contributed by atoms with van der Waals surface area (Å²) in [5.74, 6) is 3.70. The van der Waals surface area contributed by atoms with Crippen molar-refractivity contribution in [2.75, 3.05) is 0 Å². The van der Waals surface area contributed by atoms with Gasteiger partial charge in [-0.25, -0.2) is 0 Å². The highest BCUT2D eigenvalue weighted by atomic mass is 127. The second-order valence-corrected chi connectivity index (χ2v) is 9.32. The van der Waals surface area contributed by atoms with E-state index in [1.807, 2.05) is 31.2 Å². The van der Waals surface area contributed by atoms with Crippen LogP contribution >= 0.6 is 22.6 Å². The second-order valence-electron chi connectivity index (χ2n) is 7.82. The third-order valence-electron chi connectivity index (χ3n) is 6.23. The van der Waals surface area contributed by atoms with Crippen LogP contribution in [0.3, 0.4) is 0 Å². The summed E-state index contributed by atoms with van der Waals surface area (Å²) in [6.45, 7) is 6.48. The van der Waals surface area contributed by atoms with E-state index in [-0.39, 0.29) is 15.5 Å². The van der Waals surface area contributed by atoms with Crippen molar-refractivity contribution in [1.29, 1.82) is 0 Å². The molecule has 5 atom stereocenters. The molecule has 2 fully saturated rings. The van der Waals surface area contributed by atoms with Crippen LogP contribution in [-0.4, -0.2) is 15.5 Å². The summed E-state index contributed by atoms with van der Waals surface area (Å²) in [6, 6.07) is 7.53. The van der Waals surface area contributed by atoms with E-state index in [0.29, 0.717) is 11.7 Å². The Bertz CT molecular complexity index is 600. The minimum atomic E-state index is -0.183. The van der Waals surface area contributed by atoms with Gasteiger partial charge in [0.2, 0.25) is 0 Å². The monoisotopic (exact) mass is 456 g/mol. The topological polar surface area (TPSA) is 35.5 Å². The molecule has 1 aromatic carbocycles. The molecule has 25 heavy (non-hydrogen) atoms. The Morgan fingerprint density at radius 2 is 1.88 bits per heavy atom. The van der Waals surface area contributed by atoms with Gasteiger partial charge in [0.25, 0.3) is 0 Å². The number of rotatable bonds is 7. The molecule has 5 unspecified atom stereocenters. The van der Waals surface area contributed by atoms with Gasteiger partial charge in [0.1, 0.15) is 21.0 Å². The van der Waals surface area contributed by atoms with Crippen molar-refractivity contribution in [3.8, 4) is 11.5 Å². The Balaban J connectivity index is 1.64. The summed E-state index contributed by atoms with van der Waals surface area (Å²) in [7, 11) is 0. The van der Waals surface area contributed by atoms with Crippen molar-refractivity contribution in [2.24, 2.45) is 17.8 Å². The number of hydrogen-bond donors (Lipinski definition) is 0. The van der Waals surface area contributed by atoms with E-state index >= 15 is 0 Å². The molecule has 3 rings (SSSR count). The van der Waals surface area contributed by atoms with Gasteiger partial charge in [-0.15, -0.1) is 0 Å². The fraction of sp³-hybridized carbons (Fsp3) is 0.667. The van der Waals surface area contributed by atoms with Gasteiger partial charge in [-0.2, -0.15) is 0 Å². The summed E-state index contributed by atoms with van der Waals surface area (Å²) in [6.07, 6.45) is 7.30. The van der Waals surface area contributed by atoms with Crippen molar-refractivity contribution in [3.05, 3.63) is 24.3 Å². The van der Waals surface area contributed by atoms with Crippen molar-refractivity contribution in [3.63, 3.8) is 0 Å². The molecule has 2 bridgehead atoms. The molecule has 2 aliphatic rings. The number of carbonyl (C=O) groups excluding carboxylic acids is 1. The first kappa shape index (κ1) is 19.0. The van der Waals surface area contributed by atoms with Gasteiger partial charge >= 0.3 is 5.97 Å². The predicted octanol–water partition coefficient (Wildman–Crippen LogP) is 5.79. The van der Waals surface area contributed by atoms with Crippen LogP contribution in [0.1, 0.15) is 59.3 Å². The lowest BCUT2D eigenvalue weighted by molar-refractivity contribution is -0.133. The molecule has 2 aliphatic carbocycles. The molecule has 0 aliphatic heterocycles. The van der Waals surface area contributed by atoms with E-state index in [2.05, 4.69) is 36.4 Å². The maximum atomic E-state index is 11.9. The van der Waals surface area contributed by atoms with E-state index in [9.17, 15) is 4.79 Å². The van der Waals surface area contributed by atoms with Crippen LogP contribution in [0.2, 0.25) is 0 Å². The Morgan fingerprint density at radius 1 is 1.20 bits per heavy atom. The van der Waals surface area contributed by atoms with Crippen molar-refractivity contribution < 1.29 is 14.3 Å². The fourth-order valence-corrected chi connectivity index (χ4v) is 4.72. The minimum absolute atomic E-state index is 0.102. The zero-order chi connectivity index (χ0) is 18.0. The molecule has 0 aromatic heterocycles. The maximum Gasteiger partial charge on any atom is 0.324 e. The van der Waals surface area contributed by atoms with E-state index < -0.39 is 0 Å². The van der Waals surface area contributed by atoms with E-state index in [0.717, 1.165) is 30.4 Å². The van der Waals surface area contributed by atoms with E-state index in [4.69, 9.17) is 9.47 Å². The number of esters is 1.